The third-order valence-corrected chi connectivity index (χ3v) is 3.37. The number of nitrogens with zero attached hydrogens (tertiary/aromatic N) is 1. The number of aryl methyl sites for hydroxylation is 1. The highest BCUT2D eigenvalue weighted by molar-refractivity contribution is 5.91. The van der Waals surface area contributed by atoms with Crippen LogP contribution in [-0.4, -0.2) is 42.2 Å². The SMILES string of the molecule is CCCN(CCO)CCCC(=O)Nc1cc(N)ccc1C. The number of anilines is 2. The number of amides is 1. The van der Waals surface area contributed by atoms with Gasteiger partial charge in [0.05, 0.1) is 6.61 Å². The zero-order valence-electron chi connectivity index (χ0n) is 13.1. The fourth-order valence-corrected chi connectivity index (χ4v) is 2.24. The average molecular weight is 293 g/mol. The number of benzene rings is 1. The number of nitrogens with one attached hydrogen (secondary N) is 1. The first-order valence-corrected chi connectivity index (χ1v) is 7.56. The number of carbonyl (C=O) groups is 1. The highest BCUT2D eigenvalue weighted by atomic mass is 16.3. The van der Waals surface area contributed by atoms with E-state index in [0.29, 0.717) is 18.7 Å². The minimum Gasteiger partial charge on any atom is -0.399 e. The summed E-state index contributed by atoms with van der Waals surface area (Å²) in [5, 5.41) is 11.9. The first-order chi connectivity index (χ1) is 10.1. The van der Waals surface area contributed by atoms with Crippen molar-refractivity contribution in [3.8, 4) is 0 Å². The Labute approximate surface area is 127 Å². The maximum Gasteiger partial charge on any atom is 0.224 e. The fraction of sp³-hybridized carbons (Fsp3) is 0.562. The number of hydrogen-bond donors (Lipinski definition) is 3. The van der Waals surface area contributed by atoms with Crippen LogP contribution in [0.3, 0.4) is 0 Å². The second kappa shape index (κ2) is 9.37. The van der Waals surface area contributed by atoms with Crippen LogP contribution < -0.4 is 11.1 Å². The van der Waals surface area contributed by atoms with Gasteiger partial charge in [-0.3, -0.25) is 4.79 Å². The van der Waals surface area contributed by atoms with E-state index in [2.05, 4.69) is 17.1 Å². The van der Waals surface area contributed by atoms with Crippen LogP contribution in [0.15, 0.2) is 18.2 Å². The van der Waals surface area contributed by atoms with Crippen molar-refractivity contribution in [2.45, 2.75) is 33.1 Å². The second-order valence-corrected chi connectivity index (χ2v) is 5.29. The van der Waals surface area contributed by atoms with Gasteiger partial charge in [0.25, 0.3) is 0 Å². The van der Waals surface area contributed by atoms with Crippen molar-refractivity contribution in [1.29, 1.82) is 0 Å². The van der Waals surface area contributed by atoms with Gasteiger partial charge in [-0.15, -0.1) is 0 Å². The number of nitrogen functional groups attached to an aromatic ring is 1. The van der Waals surface area contributed by atoms with Crippen molar-refractivity contribution in [2.75, 3.05) is 37.3 Å². The van der Waals surface area contributed by atoms with Crippen molar-refractivity contribution >= 4 is 17.3 Å². The minimum absolute atomic E-state index is 0.00384. The molecule has 5 heteroatoms. The normalized spacial score (nSPS) is 10.9. The molecule has 0 aliphatic heterocycles. The van der Waals surface area contributed by atoms with E-state index in [0.717, 1.165) is 37.2 Å². The predicted molar refractivity (Wildman–Crippen MR) is 87.3 cm³/mol. The molecule has 0 bridgehead atoms. The van der Waals surface area contributed by atoms with Crippen LogP contribution >= 0.6 is 0 Å². The molecule has 0 aromatic heterocycles. The molecule has 0 spiro atoms. The van der Waals surface area contributed by atoms with Gasteiger partial charge >= 0.3 is 0 Å². The van der Waals surface area contributed by atoms with Crippen LogP contribution in [-0.2, 0) is 4.79 Å². The number of rotatable bonds is 9. The number of aliphatic hydroxyl groups is 1. The molecule has 1 amide bonds. The van der Waals surface area contributed by atoms with Crippen LogP contribution in [0.2, 0.25) is 0 Å². The van der Waals surface area contributed by atoms with Gasteiger partial charge in [-0.25, -0.2) is 0 Å². The van der Waals surface area contributed by atoms with Gasteiger partial charge in [-0.2, -0.15) is 0 Å². The van der Waals surface area contributed by atoms with Crippen molar-refractivity contribution < 1.29 is 9.90 Å². The van der Waals surface area contributed by atoms with E-state index in [1.807, 2.05) is 19.1 Å². The lowest BCUT2D eigenvalue weighted by Gasteiger charge is -2.20. The maximum absolute atomic E-state index is 12.0. The van der Waals surface area contributed by atoms with E-state index in [4.69, 9.17) is 10.8 Å². The minimum atomic E-state index is 0.00384. The molecule has 0 atom stereocenters. The number of hydrogen-bond acceptors (Lipinski definition) is 4. The lowest BCUT2D eigenvalue weighted by atomic mass is 10.1. The quantitative estimate of drug-likeness (QED) is 0.609. The Kier molecular flexibility index (Phi) is 7.79. The molecule has 1 rings (SSSR count). The van der Waals surface area contributed by atoms with E-state index in [-0.39, 0.29) is 12.5 Å². The Bertz CT molecular complexity index is 443. The third-order valence-electron chi connectivity index (χ3n) is 3.37. The molecule has 0 unspecified atom stereocenters. The zero-order chi connectivity index (χ0) is 15.7. The van der Waals surface area contributed by atoms with Gasteiger partial charge in [0.2, 0.25) is 5.91 Å². The summed E-state index contributed by atoms with van der Waals surface area (Å²) in [4.78, 5) is 14.1. The zero-order valence-corrected chi connectivity index (χ0v) is 13.1. The molecule has 5 nitrogen and oxygen atoms in total. The van der Waals surface area contributed by atoms with E-state index in [9.17, 15) is 4.79 Å². The Balaban J connectivity index is 2.38. The lowest BCUT2D eigenvalue weighted by molar-refractivity contribution is -0.116. The fourth-order valence-electron chi connectivity index (χ4n) is 2.24. The molecule has 0 heterocycles. The standard InChI is InChI=1S/C16H27N3O2/c1-3-8-19(10-11-20)9-4-5-16(21)18-15-12-14(17)7-6-13(15)2/h6-7,12,20H,3-5,8-11,17H2,1-2H3,(H,18,21). The van der Waals surface area contributed by atoms with E-state index in [1.54, 1.807) is 6.07 Å². The summed E-state index contributed by atoms with van der Waals surface area (Å²) in [7, 11) is 0. The van der Waals surface area contributed by atoms with E-state index in [1.165, 1.54) is 0 Å². The summed E-state index contributed by atoms with van der Waals surface area (Å²) < 4.78 is 0. The summed E-state index contributed by atoms with van der Waals surface area (Å²) in [5.41, 5.74) is 8.16. The predicted octanol–water partition coefficient (Wildman–Crippen LogP) is 2.00. The highest BCUT2D eigenvalue weighted by Crippen LogP contribution is 2.18. The Morgan fingerprint density at radius 3 is 2.76 bits per heavy atom. The topological polar surface area (TPSA) is 78.6 Å². The van der Waals surface area contributed by atoms with Gasteiger partial charge in [-0.1, -0.05) is 13.0 Å². The molecule has 1 aromatic rings. The first kappa shape index (κ1) is 17.5. The van der Waals surface area contributed by atoms with Crippen molar-refractivity contribution in [3.63, 3.8) is 0 Å². The van der Waals surface area contributed by atoms with Crippen LogP contribution in [0.5, 0.6) is 0 Å². The molecule has 0 saturated carbocycles. The van der Waals surface area contributed by atoms with E-state index < -0.39 is 0 Å². The molecule has 0 radical (unpaired) electrons. The van der Waals surface area contributed by atoms with E-state index >= 15 is 0 Å². The average Bonchev–Trinajstić information content (AvgIpc) is 2.43. The summed E-state index contributed by atoms with van der Waals surface area (Å²) >= 11 is 0. The molecule has 21 heavy (non-hydrogen) atoms. The number of aliphatic hydroxyl groups excluding tert-OH is 1. The van der Waals surface area contributed by atoms with Crippen molar-refractivity contribution in [3.05, 3.63) is 23.8 Å². The molecular weight excluding hydrogens is 266 g/mol. The van der Waals surface area contributed by atoms with Gasteiger partial charge in [0.1, 0.15) is 0 Å². The highest BCUT2D eigenvalue weighted by Gasteiger charge is 2.07. The summed E-state index contributed by atoms with van der Waals surface area (Å²) in [6, 6.07) is 5.50. The molecule has 0 aliphatic carbocycles. The molecule has 1 aromatic carbocycles. The Morgan fingerprint density at radius 1 is 1.33 bits per heavy atom. The molecule has 0 fully saturated rings. The summed E-state index contributed by atoms with van der Waals surface area (Å²) in [6.07, 6.45) is 2.31. The largest absolute Gasteiger partial charge is 0.399 e. The maximum atomic E-state index is 12.0. The first-order valence-electron chi connectivity index (χ1n) is 7.56. The van der Waals surface area contributed by atoms with Crippen molar-refractivity contribution in [1.82, 2.24) is 4.90 Å². The van der Waals surface area contributed by atoms with Crippen LogP contribution in [0.1, 0.15) is 31.7 Å². The number of nitrogens with two attached hydrogens (primary N) is 1. The van der Waals surface area contributed by atoms with Gasteiger partial charge in [0.15, 0.2) is 0 Å². The summed E-state index contributed by atoms with van der Waals surface area (Å²) in [5.74, 6) is 0.00384. The van der Waals surface area contributed by atoms with Crippen LogP contribution in [0.4, 0.5) is 11.4 Å². The van der Waals surface area contributed by atoms with Gasteiger partial charge < -0.3 is 21.1 Å². The Morgan fingerprint density at radius 2 is 2.10 bits per heavy atom. The number of carbonyl (C=O) groups excluding carboxylic acids is 1. The smallest absolute Gasteiger partial charge is 0.224 e. The second-order valence-electron chi connectivity index (χ2n) is 5.29. The van der Waals surface area contributed by atoms with Gasteiger partial charge in [-0.05, 0) is 50.6 Å². The molecular formula is C16H27N3O2. The molecule has 118 valence electrons. The lowest BCUT2D eigenvalue weighted by Crippen LogP contribution is -2.29. The van der Waals surface area contributed by atoms with Crippen molar-refractivity contribution in [2.24, 2.45) is 0 Å². The Hall–Kier alpha value is -1.59. The molecule has 0 aliphatic rings. The van der Waals surface area contributed by atoms with Crippen LogP contribution in [0.25, 0.3) is 0 Å². The third kappa shape index (κ3) is 6.60. The van der Waals surface area contributed by atoms with Crippen LogP contribution in [0, 0.1) is 6.92 Å². The van der Waals surface area contributed by atoms with Gasteiger partial charge in [0, 0.05) is 24.3 Å². The summed E-state index contributed by atoms with van der Waals surface area (Å²) in [6.45, 7) is 6.67. The molecule has 4 N–H and O–H groups in total. The monoisotopic (exact) mass is 293 g/mol. The molecule has 0 saturated heterocycles.